The van der Waals surface area contributed by atoms with Crippen LogP contribution < -0.4 is 5.32 Å². The first kappa shape index (κ1) is 13.0. The van der Waals surface area contributed by atoms with Gasteiger partial charge in [-0.1, -0.05) is 6.07 Å². The predicted molar refractivity (Wildman–Crippen MR) is 71.1 cm³/mol. The van der Waals surface area contributed by atoms with Gasteiger partial charge in [-0.2, -0.15) is 4.68 Å². The Kier molecular flexibility index (Phi) is 3.74. The first-order valence-electron chi connectivity index (χ1n) is 5.98. The van der Waals surface area contributed by atoms with Crippen LogP contribution in [0.5, 0.6) is 0 Å². The van der Waals surface area contributed by atoms with E-state index in [-0.39, 0.29) is 5.82 Å². The smallest absolute Gasteiger partial charge is 0.370 e. The molecule has 7 heteroatoms. The number of anilines is 1. The van der Waals surface area contributed by atoms with E-state index in [1.54, 1.807) is 13.1 Å². The summed E-state index contributed by atoms with van der Waals surface area (Å²) >= 11 is 0. The number of pyridine rings is 1. The predicted octanol–water partition coefficient (Wildman–Crippen LogP) is 1.97. The third-order valence-corrected chi connectivity index (χ3v) is 2.58. The molecule has 1 N–H and O–H groups in total. The Hall–Kier alpha value is -2.44. The highest BCUT2D eigenvalue weighted by molar-refractivity contribution is 5.35. The first-order valence-corrected chi connectivity index (χ1v) is 5.98. The molecule has 0 unspecified atom stereocenters. The first-order chi connectivity index (χ1) is 9.10. The van der Waals surface area contributed by atoms with E-state index in [4.69, 9.17) is 0 Å². The van der Waals surface area contributed by atoms with Crippen molar-refractivity contribution in [3.63, 3.8) is 0 Å². The van der Waals surface area contributed by atoms with Gasteiger partial charge in [0.2, 0.25) is 0 Å². The minimum absolute atomic E-state index is 0.108. The van der Waals surface area contributed by atoms with Gasteiger partial charge in [0, 0.05) is 6.54 Å². The third-order valence-electron chi connectivity index (χ3n) is 2.58. The summed E-state index contributed by atoms with van der Waals surface area (Å²) in [6, 6.07) is 5.64. The second-order valence-electron chi connectivity index (χ2n) is 4.13. The van der Waals surface area contributed by atoms with E-state index in [9.17, 15) is 10.1 Å². The molecule has 2 aromatic rings. The molecule has 0 fully saturated rings. The van der Waals surface area contributed by atoms with Crippen LogP contribution in [0.2, 0.25) is 0 Å². The molecule has 0 aliphatic carbocycles. The molecular weight excluding hydrogens is 246 g/mol. The maximum absolute atomic E-state index is 10.7. The fraction of sp³-hybridized carbons (Fsp3) is 0.333. The summed E-state index contributed by atoms with van der Waals surface area (Å²) in [7, 11) is 0. The molecule has 0 saturated carbocycles. The lowest BCUT2D eigenvalue weighted by atomic mass is 10.3. The minimum atomic E-state index is -0.478. The van der Waals surface area contributed by atoms with E-state index in [2.05, 4.69) is 15.4 Å². The highest BCUT2D eigenvalue weighted by Gasteiger charge is 2.17. The van der Waals surface area contributed by atoms with Gasteiger partial charge in [-0.25, -0.2) is 4.98 Å². The van der Waals surface area contributed by atoms with Gasteiger partial charge in [0.25, 0.3) is 0 Å². The van der Waals surface area contributed by atoms with Crippen LogP contribution in [0.1, 0.15) is 18.2 Å². The molecule has 0 atom stereocenters. The monoisotopic (exact) mass is 261 g/mol. The lowest BCUT2D eigenvalue weighted by molar-refractivity contribution is -0.390. The van der Waals surface area contributed by atoms with Crippen molar-refractivity contribution < 1.29 is 4.92 Å². The normalized spacial score (nSPS) is 10.4. The van der Waals surface area contributed by atoms with Crippen molar-refractivity contribution in [2.75, 3.05) is 11.9 Å². The van der Waals surface area contributed by atoms with Crippen molar-refractivity contribution in [1.82, 2.24) is 14.8 Å². The molecule has 0 spiro atoms. The summed E-state index contributed by atoms with van der Waals surface area (Å²) in [5.74, 6) is 0.682. The Labute approximate surface area is 110 Å². The van der Waals surface area contributed by atoms with Crippen LogP contribution in [0.25, 0.3) is 0 Å². The molecule has 2 rings (SSSR count). The highest BCUT2D eigenvalue weighted by atomic mass is 16.6. The van der Waals surface area contributed by atoms with Gasteiger partial charge in [-0.3, -0.25) is 0 Å². The molecule has 0 bridgehead atoms. The number of hydrogen-bond acceptors (Lipinski definition) is 5. The lowest BCUT2D eigenvalue weighted by Crippen LogP contribution is -2.05. The maximum Gasteiger partial charge on any atom is 0.392 e. The zero-order valence-electron chi connectivity index (χ0n) is 10.8. The summed E-state index contributed by atoms with van der Waals surface area (Å²) < 4.78 is 1.53. The second-order valence-corrected chi connectivity index (χ2v) is 4.13. The van der Waals surface area contributed by atoms with E-state index < -0.39 is 4.92 Å². The van der Waals surface area contributed by atoms with Crippen molar-refractivity contribution in [2.24, 2.45) is 0 Å². The molecule has 19 heavy (non-hydrogen) atoms. The third kappa shape index (κ3) is 3.06. The fourth-order valence-electron chi connectivity index (χ4n) is 1.79. The molecular formula is C12H15N5O2. The van der Waals surface area contributed by atoms with Crippen LogP contribution in [0.3, 0.4) is 0 Å². The zero-order chi connectivity index (χ0) is 13.8. The number of aryl methyl sites for hydroxylation is 1. The Bertz CT molecular complexity index is 594. The van der Waals surface area contributed by atoms with Gasteiger partial charge < -0.3 is 15.4 Å². The Morgan fingerprint density at radius 3 is 2.89 bits per heavy atom. The molecule has 0 aromatic carbocycles. The van der Waals surface area contributed by atoms with Crippen LogP contribution in [0, 0.1) is 17.0 Å². The molecule has 2 heterocycles. The van der Waals surface area contributed by atoms with Crippen molar-refractivity contribution in [2.45, 2.75) is 20.4 Å². The Morgan fingerprint density at radius 2 is 2.26 bits per heavy atom. The number of rotatable bonds is 5. The van der Waals surface area contributed by atoms with Crippen LogP contribution in [-0.4, -0.2) is 26.2 Å². The van der Waals surface area contributed by atoms with Crippen LogP contribution in [0.4, 0.5) is 11.6 Å². The second kappa shape index (κ2) is 5.47. The molecule has 0 radical (unpaired) electrons. The van der Waals surface area contributed by atoms with Crippen molar-refractivity contribution in [3.05, 3.63) is 45.8 Å². The van der Waals surface area contributed by atoms with Crippen LogP contribution in [0.15, 0.2) is 24.4 Å². The number of nitrogens with zero attached hydrogens (tertiary/aromatic N) is 4. The SMILES string of the molecule is CCNc1cccc(Cn2cc(C)c([N+](=O)[O-])n2)n1. The summed E-state index contributed by atoms with van der Waals surface area (Å²) in [5.41, 5.74) is 1.35. The van der Waals surface area contributed by atoms with Gasteiger partial charge in [-0.05, 0) is 30.9 Å². The van der Waals surface area contributed by atoms with E-state index >= 15 is 0 Å². The van der Waals surface area contributed by atoms with Crippen molar-refractivity contribution >= 4 is 11.6 Å². The van der Waals surface area contributed by atoms with Crippen molar-refractivity contribution in [1.29, 1.82) is 0 Å². The van der Waals surface area contributed by atoms with Gasteiger partial charge in [0.1, 0.15) is 12.4 Å². The number of aromatic nitrogens is 3. The number of nitro groups is 1. The molecule has 100 valence electrons. The maximum atomic E-state index is 10.7. The molecule has 0 amide bonds. The minimum Gasteiger partial charge on any atom is -0.370 e. The summed E-state index contributed by atoms with van der Waals surface area (Å²) in [4.78, 5) is 14.7. The number of hydrogen-bond donors (Lipinski definition) is 1. The Morgan fingerprint density at radius 1 is 1.47 bits per heavy atom. The zero-order valence-corrected chi connectivity index (χ0v) is 10.8. The average molecular weight is 261 g/mol. The van der Waals surface area contributed by atoms with Crippen molar-refractivity contribution in [3.8, 4) is 0 Å². The highest BCUT2D eigenvalue weighted by Crippen LogP contribution is 2.15. The van der Waals surface area contributed by atoms with E-state index in [1.165, 1.54) is 4.68 Å². The number of nitrogens with one attached hydrogen (secondary N) is 1. The van der Waals surface area contributed by atoms with Gasteiger partial charge in [0.15, 0.2) is 0 Å². The summed E-state index contributed by atoms with van der Waals surface area (Å²) in [6.45, 7) is 4.87. The summed E-state index contributed by atoms with van der Waals surface area (Å²) in [6.07, 6.45) is 1.65. The molecule has 7 nitrogen and oxygen atoms in total. The lowest BCUT2D eigenvalue weighted by Gasteiger charge is -2.04. The standard InChI is InChI=1S/C12H15N5O2/c1-3-13-11-6-4-5-10(14-11)8-16-7-9(2)12(15-16)17(18)19/h4-7H,3,8H2,1-2H3,(H,13,14). The Balaban J connectivity index is 2.19. The molecule has 0 saturated heterocycles. The van der Waals surface area contributed by atoms with E-state index in [1.807, 2.05) is 25.1 Å². The van der Waals surface area contributed by atoms with Gasteiger partial charge in [-0.15, -0.1) is 0 Å². The molecule has 0 aliphatic heterocycles. The average Bonchev–Trinajstić information content (AvgIpc) is 2.71. The molecule has 2 aromatic heterocycles. The largest absolute Gasteiger partial charge is 0.392 e. The van der Waals surface area contributed by atoms with E-state index in [0.717, 1.165) is 18.1 Å². The van der Waals surface area contributed by atoms with E-state index in [0.29, 0.717) is 12.1 Å². The van der Waals surface area contributed by atoms with Gasteiger partial charge in [0.05, 0.1) is 22.6 Å². The quantitative estimate of drug-likeness (QED) is 0.657. The fourth-order valence-corrected chi connectivity index (χ4v) is 1.79. The van der Waals surface area contributed by atoms with Gasteiger partial charge >= 0.3 is 5.82 Å². The van der Waals surface area contributed by atoms with Crippen LogP contribution >= 0.6 is 0 Å². The summed E-state index contributed by atoms with van der Waals surface area (Å²) in [5, 5.41) is 17.8. The molecule has 0 aliphatic rings. The van der Waals surface area contributed by atoms with Crippen LogP contribution in [-0.2, 0) is 6.54 Å². The topological polar surface area (TPSA) is 85.9 Å².